The van der Waals surface area contributed by atoms with Crippen LogP contribution in [0.2, 0.25) is 0 Å². The summed E-state index contributed by atoms with van der Waals surface area (Å²) in [6.45, 7) is 3.17. The molecule has 0 spiro atoms. The predicted molar refractivity (Wildman–Crippen MR) is 138 cm³/mol. The van der Waals surface area contributed by atoms with Gasteiger partial charge < -0.3 is 0 Å². The number of rotatable bonds is 4. The summed E-state index contributed by atoms with van der Waals surface area (Å²) in [6.07, 6.45) is 0.744. The van der Waals surface area contributed by atoms with Gasteiger partial charge in [-0.1, -0.05) is 0 Å². The Hall–Kier alpha value is -3.22. The topological polar surface area (TPSA) is 21.6 Å². The van der Waals surface area contributed by atoms with Gasteiger partial charge in [0.15, 0.2) is 0 Å². The van der Waals surface area contributed by atoms with Crippen molar-refractivity contribution in [1.82, 2.24) is 0 Å². The third kappa shape index (κ3) is 2.94. The molecule has 5 rings (SSSR count). The Labute approximate surface area is 190 Å². The molecule has 32 heavy (non-hydrogen) atoms. The summed E-state index contributed by atoms with van der Waals surface area (Å²) in [6, 6.07) is 36.6. The maximum atomic E-state index is 6.91. The summed E-state index contributed by atoms with van der Waals surface area (Å²) in [5.74, 6) is 0. The van der Waals surface area contributed by atoms with Gasteiger partial charge in [-0.15, -0.1) is 0 Å². The second-order valence-electron chi connectivity index (χ2n) is 8.77. The average Bonchev–Trinajstić information content (AvgIpc) is 3.23. The van der Waals surface area contributed by atoms with E-state index in [1.807, 2.05) is 0 Å². The van der Waals surface area contributed by atoms with Gasteiger partial charge in [-0.2, -0.15) is 0 Å². The van der Waals surface area contributed by atoms with Crippen LogP contribution in [0.5, 0.6) is 0 Å². The molecule has 0 N–H and O–H groups in total. The number of aryl methyl sites for hydroxylation is 3. The van der Waals surface area contributed by atoms with Gasteiger partial charge in [-0.3, -0.25) is 0 Å². The molecule has 2 nitrogen and oxygen atoms in total. The molecule has 4 aromatic carbocycles. The Morgan fingerprint density at radius 3 is 1.44 bits per heavy atom. The minimum absolute atomic E-state index is 0.744. The maximum absolute atomic E-state index is 6.91. The Kier molecular flexibility index (Phi) is 4.99. The number of oxime groups is 1. The Balaban J connectivity index is 1.83. The first-order valence-electron chi connectivity index (χ1n) is 11.1. The van der Waals surface area contributed by atoms with E-state index >= 15 is 0 Å². The van der Waals surface area contributed by atoms with Crippen molar-refractivity contribution >= 4 is 28.5 Å². The van der Waals surface area contributed by atoms with Gasteiger partial charge in [0.05, 0.1) is 0 Å². The van der Waals surface area contributed by atoms with Crippen LogP contribution in [-0.2, 0) is 4.62 Å². The van der Waals surface area contributed by atoms with Crippen LogP contribution in [0.3, 0.4) is 0 Å². The molecule has 1 aliphatic heterocycles. The first-order chi connectivity index (χ1) is 15.5. The molecule has 160 valence electrons. The Bertz CT molecular complexity index is 1170. The van der Waals surface area contributed by atoms with E-state index in [0.29, 0.717) is 0 Å². The van der Waals surface area contributed by atoms with Crippen LogP contribution >= 0.6 is 6.83 Å². The number of hydrogen-bond donors (Lipinski definition) is 0. The van der Waals surface area contributed by atoms with Crippen molar-refractivity contribution in [3.63, 3.8) is 0 Å². The van der Waals surface area contributed by atoms with Gasteiger partial charge in [-0.05, 0) is 0 Å². The fraction of sp³-hybridized carbons (Fsp3) is 0.138. The zero-order valence-corrected chi connectivity index (χ0v) is 19.7. The van der Waals surface area contributed by atoms with Gasteiger partial charge >= 0.3 is 191 Å². The van der Waals surface area contributed by atoms with E-state index < -0.39 is 6.83 Å². The number of benzene rings is 4. The normalized spacial score (nSPS) is 17.6. The van der Waals surface area contributed by atoms with E-state index in [2.05, 4.69) is 124 Å². The molecule has 0 aromatic heterocycles. The SMILES string of the molecule is Cc1cc(C)c(C2=NOP(c3ccccc3)(c3ccccc3)(c3ccccc3)C2)c(C)c1. The number of nitrogens with zero attached hydrogens (tertiary/aromatic N) is 1. The Morgan fingerprint density at radius 2 is 1.03 bits per heavy atom. The van der Waals surface area contributed by atoms with Crippen molar-refractivity contribution in [3.05, 3.63) is 125 Å². The summed E-state index contributed by atoms with van der Waals surface area (Å²) in [5, 5.41) is 8.50. The van der Waals surface area contributed by atoms with Crippen molar-refractivity contribution in [2.45, 2.75) is 20.8 Å². The van der Waals surface area contributed by atoms with E-state index in [1.165, 1.54) is 38.2 Å². The van der Waals surface area contributed by atoms with E-state index in [1.54, 1.807) is 0 Å². The first-order valence-corrected chi connectivity index (χ1v) is 13.4. The summed E-state index contributed by atoms with van der Waals surface area (Å²) in [4.78, 5) is 0. The molecular formula is C29H28NOP. The van der Waals surface area contributed by atoms with Crippen molar-refractivity contribution in [2.24, 2.45) is 5.16 Å². The first kappa shape index (κ1) is 20.7. The van der Waals surface area contributed by atoms with Crippen LogP contribution in [-0.4, -0.2) is 11.9 Å². The molecule has 0 amide bonds. The van der Waals surface area contributed by atoms with Gasteiger partial charge in [-0.25, -0.2) is 0 Å². The average molecular weight is 438 g/mol. The van der Waals surface area contributed by atoms with Crippen LogP contribution < -0.4 is 15.9 Å². The molecule has 0 atom stereocenters. The molecule has 0 fully saturated rings. The predicted octanol–water partition coefficient (Wildman–Crippen LogP) is 5.79. The van der Waals surface area contributed by atoms with E-state index in [9.17, 15) is 0 Å². The van der Waals surface area contributed by atoms with Crippen molar-refractivity contribution in [2.75, 3.05) is 6.16 Å². The second-order valence-corrected chi connectivity index (χ2v) is 13.2. The van der Waals surface area contributed by atoms with Gasteiger partial charge in [0.1, 0.15) is 0 Å². The molecule has 3 heteroatoms. The second kappa shape index (κ2) is 7.73. The molecule has 0 saturated carbocycles. The van der Waals surface area contributed by atoms with Crippen LogP contribution in [0.15, 0.2) is 108 Å². The molecule has 0 saturated heterocycles. The summed E-state index contributed by atoms with van der Waals surface area (Å²) >= 11 is 0. The molecule has 1 heterocycles. The Morgan fingerprint density at radius 1 is 0.625 bits per heavy atom. The quantitative estimate of drug-likeness (QED) is 0.370. The molecule has 0 bridgehead atoms. The molecule has 1 aliphatic rings. The van der Waals surface area contributed by atoms with Crippen LogP contribution in [0.1, 0.15) is 22.3 Å². The zero-order chi connectivity index (χ0) is 22.2. The molecule has 0 unspecified atom stereocenters. The van der Waals surface area contributed by atoms with Crippen molar-refractivity contribution in [1.29, 1.82) is 0 Å². The van der Waals surface area contributed by atoms with E-state index in [-0.39, 0.29) is 0 Å². The third-order valence-corrected chi connectivity index (χ3v) is 12.2. The molecular weight excluding hydrogens is 409 g/mol. The van der Waals surface area contributed by atoms with E-state index in [0.717, 1.165) is 11.9 Å². The van der Waals surface area contributed by atoms with Crippen LogP contribution in [0, 0.1) is 20.8 Å². The fourth-order valence-electron chi connectivity index (χ4n) is 5.34. The van der Waals surface area contributed by atoms with Crippen LogP contribution in [0.4, 0.5) is 0 Å². The van der Waals surface area contributed by atoms with Crippen LogP contribution in [0.25, 0.3) is 0 Å². The fourth-order valence-corrected chi connectivity index (χ4v) is 10.6. The van der Waals surface area contributed by atoms with E-state index in [4.69, 9.17) is 9.78 Å². The van der Waals surface area contributed by atoms with Gasteiger partial charge in [0.2, 0.25) is 0 Å². The number of hydrogen-bond acceptors (Lipinski definition) is 2. The summed E-state index contributed by atoms with van der Waals surface area (Å²) in [5.41, 5.74) is 6.02. The third-order valence-electron chi connectivity index (χ3n) is 6.66. The summed E-state index contributed by atoms with van der Waals surface area (Å²) in [7, 11) is 0. The standard InChI is InChI=1S/C29H28NOP/c1-22-19-23(2)29(24(3)20-22)28-21-32(31-30-28,25-13-7-4-8-14-25,26-15-9-5-10-16-26)27-17-11-6-12-18-27/h4-20H,21H2,1-3H3. The van der Waals surface area contributed by atoms with Gasteiger partial charge in [0, 0.05) is 0 Å². The van der Waals surface area contributed by atoms with Crippen molar-refractivity contribution < 1.29 is 4.62 Å². The van der Waals surface area contributed by atoms with Crippen molar-refractivity contribution in [3.8, 4) is 0 Å². The monoisotopic (exact) mass is 437 g/mol. The zero-order valence-electron chi connectivity index (χ0n) is 18.8. The molecule has 0 aliphatic carbocycles. The summed E-state index contributed by atoms with van der Waals surface area (Å²) < 4.78 is 6.91. The van der Waals surface area contributed by atoms with Gasteiger partial charge in [0.25, 0.3) is 0 Å². The molecule has 4 aromatic rings. The minimum atomic E-state index is -3.34. The molecule has 0 radical (unpaired) electrons.